The Morgan fingerprint density at radius 3 is 2.59 bits per heavy atom. The number of nitrogens with zero attached hydrogens (tertiary/aromatic N) is 2. The molecule has 1 fully saturated rings. The fourth-order valence-corrected chi connectivity index (χ4v) is 3.76. The highest BCUT2D eigenvalue weighted by molar-refractivity contribution is 6.30. The van der Waals surface area contributed by atoms with Crippen molar-refractivity contribution in [2.45, 2.75) is 19.3 Å². The number of likely N-dealkylation sites (tertiary alicyclic amines) is 1. The maximum absolute atomic E-state index is 12.7. The van der Waals surface area contributed by atoms with Gasteiger partial charge in [0.2, 0.25) is 5.91 Å². The Kier molecular flexibility index (Phi) is 7.53. The Morgan fingerprint density at radius 2 is 1.86 bits per heavy atom. The van der Waals surface area contributed by atoms with Gasteiger partial charge in [0.25, 0.3) is 5.91 Å². The summed E-state index contributed by atoms with van der Waals surface area (Å²) in [5.41, 5.74) is 1.78. The van der Waals surface area contributed by atoms with Gasteiger partial charge in [-0.1, -0.05) is 29.8 Å². The third kappa shape index (κ3) is 5.97. The van der Waals surface area contributed by atoms with Crippen LogP contribution < -0.4 is 10.2 Å². The van der Waals surface area contributed by atoms with Crippen LogP contribution in [0.1, 0.15) is 29.6 Å². The van der Waals surface area contributed by atoms with Crippen LogP contribution in [0.25, 0.3) is 0 Å². The van der Waals surface area contributed by atoms with Gasteiger partial charge >= 0.3 is 0 Å². The second kappa shape index (κ2) is 10.3. The molecule has 1 heterocycles. The molecule has 0 radical (unpaired) electrons. The first-order chi connectivity index (χ1) is 14.0. The van der Waals surface area contributed by atoms with E-state index in [1.54, 1.807) is 29.2 Å². The Morgan fingerprint density at radius 1 is 1.14 bits per heavy atom. The van der Waals surface area contributed by atoms with Crippen molar-refractivity contribution in [1.82, 2.24) is 10.2 Å². The first-order valence-electron chi connectivity index (χ1n) is 10.1. The van der Waals surface area contributed by atoms with E-state index in [1.807, 2.05) is 18.2 Å². The van der Waals surface area contributed by atoms with Crippen LogP contribution in [0.5, 0.6) is 0 Å². The van der Waals surface area contributed by atoms with Gasteiger partial charge in [0.15, 0.2) is 0 Å². The number of para-hydroxylation sites is 1. The SMILES string of the molecule is CN(CCCNC(=O)C1CCCN(C(=O)c2ccc(Cl)cc2)C1)c1ccccc1. The van der Waals surface area contributed by atoms with Gasteiger partial charge in [0, 0.05) is 49.5 Å². The number of carbonyl (C=O) groups excluding carboxylic acids is 2. The Hall–Kier alpha value is -2.53. The second-order valence-electron chi connectivity index (χ2n) is 7.50. The Balaban J connectivity index is 1.43. The zero-order valence-corrected chi connectivity index (χ0v) is 17.6. The van der Waals surface area contributed by atoms with Gasteiger partial charge in [-0.15, -0.1) is 0 Å². The molecule has 0 aliphatic carbocycles. The molecule has 29 heavy (non-hydrogen) atoms. The van der Waals surface area contributed by atoms with Gasteiger partial charge in [0.05, 0.1) is 5.92 Å². The lowest BCUT2D eigenvalue weighted by Crippen LogP contribution is -2.45. The molecule has 0 bridgehead atoms. The lowest BCUT2D eigenvalue weighted by molar-refractivity contribution is -0.126. The van der Waals surface area contributed by atoms with Gasteiger partial charge in [-0.25, -0.2) is 0 Å². The van der Waals surface area contributed by atoms with E-state index >= 15 is 0 Å². The number of halogens is 1. The summed E-state index contributed by atoms with van der Waals surface area (Å²) in [6.45, 7) is 2.66. The lowest BCUT2D eigenvalue weighted by Gasteiger charge is -2.32. The number of anilines is 1. The summed E-state index contributed by atoms with van der Waals surface area (Å²) in [4.78, 5) is 29.2. The number of benzene rings is 2. The summed E-state index contributed by atoms with van der Waals surface area (Å²) in [5, 5.41) is 3.65. The molecule has 1 aliphatic heterocycles. The minimum Gasteiger partial charge on any atom is -0.375 e. The van der Waals surface area contributed by atoms with Gasteiger partial charge < -0.3 is 15.1 Å². The van der Waals surface area contributed by atoms with Crippen LogP contribution in [0.15, 0.2) is 54.6 Å². The molecule has 1 saturated heterocycles. The van der Waals surface area contributed by atoms with Crippen LogP contribution in [0, 0.1) is 5.92 Å². The molecule has 1 N–H and O–H groups in total. The summed E-state index contributed by atoms with van der Waals surface area (Å²) in [5.74, 6) is -0.142. The number of nitrogens with one attached hydrogen (secondary N) is 1. The molecule has 0 spiro atoms. The monoisotopic (exact) mass is 413 g/mol. The van der Waals surface area contributed by atoms with Crippen LogP contribution in [0.2, 0.25) is 5.02 Å². The fraction of sp³-hybridized carbons (Fsp3) is 0.391. The van der Waals surface area contributed by atoms with Crippen LogP contribution in [0.4, 0.5) is 5.69 Å². The average Bonchev–Trinajstić information content (AvgIpc) is 2.77. The van der Waals surface area contributed by atoms with Crippen LogP contribution in [-0.4, -0.2) is 49.9 Å². The van der Waals surface area contributed by atoms with E-state index in [0.717, 1.165) is 25.8 Å². The van der Waals surface area contributed by atoms with E-state index < -0.39 is 0 Å². The minimum absolute atomic E-state index is 0.0383. The first kappa shape index (κ1) is 21.2. The molecule has 0 aromatic heterocycles. The maximum Gasteiger partial charge on any atom is 0.253 e. The third-order valence-electron chi connectivity index (χ3n) is 5.34. The van der Waals surface area contributed by atoms with Crippen molar-refractivity contribution < 1.29 is 9.59 Å². The van der Waals surface area contributed by atoms with Gasteiger partial charge in [-0.05, 0) is 55.7 Å². The summed E-state index contributed by atoms with van der Waals surface area (Å²) < 4.78 is 0. The quantitative estimate of drug-likeness (QED) is 0.702. The zero-order valence-electron chi connectivity index (χ0n) is 16.8. The largest absolute Gasteiger partial charge is 0.375 e. The third-order valence-corrected chi connectivity index (χ3v) is 5.59. The predicted molar refractivity (Wildman–Crippen MR) is 117 cm³/mol. The van der Waals surface area contributed by atoms with Crippen molar-refractivity contribution in [2.75, 3.05) is 38.1 Å². The van der Waals surface area contributed by atoms with E-state index in [-0.39, 0.29) is 17.7 Å². The van der Waals surface area contributed by atoms with Crippen molar-refractivity contribution >= 4 is 29.1 Å². The number of piperidine rings is 1. The molecule has 2 aromatic rings. The Labute approximate surface area is 177 Å². The van der Waals surface area contributed by atoms with Gasteiger partial charge in [0.1, 0.15) is 0 Å². The molecule has 0 saturated carbocycles. The zero-order chi connectivity index (χ0) is 20.6. The normalized spacial score (nSPS) is 16.3. The summed E-state index contributed by atoms with van der Waals surface area (Å²) in [6.07, 6.45) is 2.53. The van der Waals surface area contributed by atoms with Crippen LogP contribution >= 0.6 is 11.6 Å². The van der Waals surface area contributed by atoms with Crippen LogP contribution in [0.3, 0.4) is 0 Å². The molecule has 6 heteroatoms. The van der Waals surface area contributed by atoms with E-state index in [9.17, 15) is 9.59 Å². The van der Waals surface area contributed by atoms with Crippen molar-refractivity contribution in [2.24, 2.45) is 5.92 Å². The lowest BCUT2D eigenvalue weighted by atomic mass is 9.96. The van der Waals surface area contributed by atoms with E-state index in [1.165, 1.54) is 5.69 Å². The molecule has 2 amide bonds. The highest BCUT2D eigenvalue weighted by Crippen LogP contribution is 2.20. The molecule has 1 atom stereocenters. The second-order valence-corrected chi connectivity index (χ2v) is 7.94. The Bertz CT molecular complexity index is 811. The molecular formula is C23H28ClN3O2. The molecule has 154 valence electrons. The topological polar surface area (TPSA) is 52.7 Å². The number of hydrogen-bond acceptors (Lipinski definition) is 3. The highest BCUT2D eigenvalue weighted by atomic mass is 35.5. The van der Waals surface area contributed by atoms with E-state index in [0.29, 0.717) is 30.2 Å². The number of rotatable bonds is 7. The first-order valence-corrected chi connectivity index (χ1v) is 10.5. The highest BCUT2D eigenvalue weighted by Gasteiger charge is 2.28. The van der Waals surface area contributed by atoms with Crippen molar-refractivity contribution in [3.63, 3.8) is 0 Å². The standard InChI is InChI=1S/C23H28ClN3O2/c1-26(21-8-3-2-4-9-21)15-6-14-25-22(28)19-7-5-16-27(17-19)23(29)18-10-12-20(24)13-11-18/h2-4,8-13,19H,5-7,14-17H2,1H3,(H,25,28). The number of hydrogen-bond donors (Lipinski definition) is 1. The molecule has 5 nitrogen and oxygen atoms in total. The summed E-state index contributed by atoms with van der Waals surface area (Å²) in [7, 11) is 2.05. The maximum atomic E-state index is 12.7. The smallest absolute Gasteiger partial charge is 0.253 e. The molecular weight excluding hydrogens is 386 g/mol. The summed E-state index contributed by atoms with van der Waals surface area (Å²) in [6, 6.07) is 17.1. The van der Waals surface area contributed by atoms with Crippen molar-refractivity contribution in [1.29, 1.82) is 0 Å². The molecule has 1 aliphatic rings. The average molecular weight is 414 g/mol. The van der Waals surface area contributed by atoms with E-state index in [4.69, 9.17) is 11.6 Å². The van der Waals surface area contributed by atoms with Gasteiger partial charge in [-0.2, -0.15) is 0 Å². The van der Waals surface area contributed by atoms with Gasteiger partial charge in [-0.3, -0.25) is 9.59 Å². The minimum atomic E-state index is -0.146. The molecule has 3 rings (SSSR count). The molecule has 2 aromatic carbocycles. The fourth-order valence-electron chi connectivity index (χ4n) is 3.63. The van der Waals surface area contributed by atoms with Crippen molar-refractivity contribution in [3.05, 3.63) is 65.2 Å². The van der Waals surface area contributed by atoms with E-state index in [2.05, 4.69) is 29.4 Å². The number of amides is 2. The van der Waals surface area contributed by atoms with Crippen molar-refractivity contribution in [3.8, 4) is 0 Å². The molecule has 1 unspecified atom stereocenters. The van der Waals surface area contributed by atoms with Crippen LogP contribution in [-0.2, 0) is 4.79 Å². The summed E-state index contributed by atoms with van der Waals surface area (Å²) >= 11 is 5.90. The predicted octanol–water partition coefficient (Wildman–Crippen LogP) is 3.83. The number of carbonyl (C=O) groups is 2.